The van der Waals surface area contributed by atoms with Gasteiger partial charge < -0.3 is 18.9 Å². The molecule has 0 aromatic carbocycles. The number of pyridine rings is 1. The van der Waals surface area contributed by atoms with Gasteiger partial charge in [0.05, 0.1) is 20.1 Å². The molecule has 0 unspecified atom stereocenters. The van der Waals surface area contributed by atoms with Gasteiger partial charge in [-0.2, -0.15) is 0 Å². The van der Waals surface area contributed by atoms with Crippen molar-refractivity contribution in [2.75, 3.05) is 33.9 Å². The largest absolute Gasteiger partial charge is 0.469 e. The highest BCUT2D eigenvalue weighted by atomic mass is 16.5. The molecule has 1 aromatic rings. The Morgan fingerprint density at radius 3 is 2.57 bits per heavy atom. The van der Waals surface area contributed by atoms with Crippen LogP contribution in [0.15, 0.2) is 23.1 Å². The summed E-state index contributed by atoms with van der Waals surface area (Å²) in [5, 5.41) is 0. The van der Waals surface area contributed by atoms with Crippen LogP contribution in [0.25, 0.3) is 0 Å². The van der Waals surface area contributed by atoms with Crippen molar-refractivity contribution in [1.82, 2.24) is 9.47 Å². The average Bonchev–Trinajstić information content (AvgIpc) is 2.49. The first-order chi connectivity index (χ1) is 9.99. The Kier molecular flexibility index (Phi) is 6.61. The molecule has 0 aliphatic rings. The molecule has 1 amide bonds. The number of esters is 1. The number of rotatable bonds is 7. The predicted molar refractivity (Wildman–Crippen MR) is 76.1 cm³/mol. The van der Waals surface area contributed by atoms with Crippen LogP contribution in [0.4, 0.5) is 0 Å². The van der Waals surface area contributed by atoms with Crippen LogP contribution in [0, 0.1) is 0 Å². The van der Waals surface area contributed by atoms with Crippen molar-refractivity contribution in [2.45, 2.75) is 6.42 Å². The molecule has 1 heterocycles. The number of methoxy groups -OCH3 is 2. The van der Waals surface area contributed by atoms with Gasteiger partial charge in [0.2, 0.25) is 0 Å². The van der Waals surface area contributed by atoms with E-state index in [2.05, 4.69) is 4.74 Å². The summed E-state index contributed by atoms with van der Waals surface area (Å²) in [4.78, 5) is 36.6. The highest BCUT2D eigenvalue weighted by Gasteiger charge is 2.17. The number of carbonyl (C=O) groups is 2. The van der Waals surface area contributed by atoms with Crippen molar-refractivity contribution in [1.29, 1.82) is 0 Å². The molecule has 0 radical (unpaired) electrons. The molecule has 7 nitrogen and oxygen atoms in total. The quantitative estimate of drug-likeness (QED) is 0.664. The Labute approximate surface area is 123 Å². The maximum Gasteiger partial charge on any atom is 0.307 e. The first-order valence-corrected chi connectivity index (χ1v) is 6.51. The Balaban J connectivity index is 2.84. The second-order valence-corrected chi connectivity index (χ2v) is 4.48. The molecule has 0 saturated carbocycles. The lowest BCUT2D eigenvalue weighted by molar-refractivity contribution is -0.140. The fourth-order valence-corrected chi connectivity index (χ4v) is 1.71. The number of aryl methyl sites for hydroxylation is 1. The van der Waals surface area contributed by atoms with Crippen molar-refractivity contribution in [3.8, 4) is 0 Å². The second kappa shape index (κ2) is 8.21. The molecule has 0 aliphatic carbocycles. The van der Waals surface area contributed by atoms with E-state index in [9.17, 15) is 14.4 Å². The third kappa shape index (κ3) is 5.03. The lowest BCUT2D eigenvalue weighted by atomic mass is 10.2. The van der Waals surface area contributed by atoms with Gasteiger partial charge in [0.1, 0.15) is 0 Å². The van der Waals surface area contributed by atoms with Crippen molar-refractivity contribution >= 4 is 11.9 Å². The van der Waals surface area contributed by atoms with Crippen molar-refractivity contribution < 1.29 is 19.1 Å². The van der Waals surface area contributed by atoms with Crippen LogP contribution in [-0.4, -0.2) is 55.3 Å². The van der Waals surface area contributed by atoms with Gasteiger partial charge in [-0.15, -0.1) is 0 Å². The number of hydrogen-bond acceptors (Lipinski definition) is 5. The predicted octanol–water partition coefficient (Wildman–Crippen LogP) is 0.0370. The molecule has 116 valence electrons. The second-order valence-electron chi connectivity index (χ2n) is 4.48. The minimum Gasteiger partial charge on any atom is -0.469 e. The molecule has 1 aromatic heterocycles. The van der Waals surface area contributed by atoms with Gasteiger partial charge >= 0.3 is 5.97 Å². The minimum absolute atomic E-state index is 0.0940. The SMILES string of the molecule is COCCN(CCC(=O)OC)C(=O)c1ccn(C)c(=O)c1. The van der Waals surface area contributed by atoms with E-state index < -0.39 is 5.97 Å². The van der Waals surface area contributed by atoms with E-state index in [0.717, 1.165) is 0 Å². The Hall–Kier alpha value is -2.15. The summed E-state index contributed by atoms with van der Waals surface area (Å²) in [7, 11) is 4.43. The van der Waals surface area contributed by atoms with E-state index >= 15 is 0 Å². The van der Waals surface area contributed by atoms with Crippen molar-refractivity contribution in [3.63, 3.8) is 0 Å². The number of amides is 1. The summed E-state index contributed by atoms with van der Waals surface area (Å²) in [6, 6.07) is 2.85. The molecule has 0 atom stereocenters. The van der Waals surface area contributed by atoms with E-state index in [1.807, 2.05) is 0 Å². The van der Waals surface area contributed by atoms with E-state index in [-0.39, 0.29) is 24.4 Å². The van der Waals surface area contributed by atoms with Gasteiger partial charge in [-0.25, -0.2) is 0 Å². The summed E-state index contributed by atoms with van der Waals surface area (Å²) in [6.07, 6.45) is 1.63. The number of nitrogens with zero attached hydrogens (tertiary/aromatic N) is 2. The number of aromatic nitrogens is 1. The zero-order chi connectivity index (χ0) is 15.8. The summed E-state index contributed by atoms with van der Waals surface area (Å²) < 4.78 is 10.9. The molecular formula is C14H20N2O5. The van der Waals surface area contributed by atoms with Gasteiger partial charge in [0.15, 0.2) is 0 Å². The van der Waals surface area contributed by atoms with Crippen molar-refractivity contribution in [3.05, 3.63) is 34.2 Å². The molecule has 7 heteroatoms. The summed E-state index contributed by atoms with van der Waals surface area (Å²) >= 11 is 0. The van der Waals surface area contributed by atoms with Gasteiger partial charge in [-0.3, -0.25) is 14.4 Å². The third-order valence-corrected chi connectivity index (χ3v) is 3.02. The minimum atomic E-state index is -0.394. The molecule has 0 saturated heterocycles. The van der Waals surface area contributed by atoms with Gasteiger partial charge in [0.25, 0.3) is 11.5 Å². The number of ether oxygens (including phenoxy) is 2. The molecule has 0 bridgehead atoms. The Morgan fingerprint density at radius 2 is 2.00 bits per heavy atom. The first-order valence-electron chi connectivity index (χ1n) is 6.51. The van der Waals surface area contributed by atoms with Gasteiger partial charge in [-0.1, -0.05) is 0 Å². The van der Waals surface area contributed by atoms with Crippen LogP contribution < -0.4 is 5.56 Å². The van der Waals surface area contributed by atoms with Crippen LogP contribution >= 0.6 is 0 Å². The molecular weight excluding hydrogens is 276 g/mol. The third-order valence-electron chi connectivity index (χ3n) is 3.02. The number of hydrogen-bond donors (Lipinski definition) is 0. The van der Waals surface area contributed by atoms with Crippen molar-refractivity contribution in [2.24, 2.45) is 7.05 Å². The fraction of sp³-hybridized carbons (Fsp3) is 0.500. The maximum atomic E-state index is 12.4. The van der Waals surface area contributed by atoms with Crippen LogP contribution in [0.5, 0.6) is 0 Å². The zero-order valence-electron chi connectivity index (χ0n) is 12.5. The highest BCUT2D eigenvalue weighted by molar-refractivity contribution is 5.94. The van der Waals surface area contributed by atoms with Gasteiger partial charge in [0, 0.05) is 45.1 Å². The maximum absolute atomic E-state index is 12.4. The monoisotopic (exact) mass is 296 g/mol. The smallest absolute Gasteiger partial charge is 0.307 e. The molecule has 1 rings (SSSR count). The topological polar surface area (TPSA) is 77.8 Å². The molecule has 0 spiro atoms. The summed E-state index contributed by atoms with van der Waals surface area (Å²) in [6.45, 7) is 0.892. The Morgan fingerprint density at radius 1 is 1.29 bits per heavy atom. The zero-order valence-corrected chi connectivity index (χ0v) is 12.5. The van der Waals surface area contributed by atoms with E-state index in [1.165, 1.54) is 35.9 Å². The molecule has 21 heavy (non-hydrogen) atoms. The lowest BCUT2D eigenvalue weighted by Crippen LogP contribution is -2.36. The molecule has 0 N–H and O–H groups in total. The normalized spacial score (nSPS) is 10.2. The summed E-state index contributed by atoms with van der Waals surface area (Å²) in [5.74, 6) is -0.706. The molecule has 0 fully saturated rings. The van der Waals surface area contributed by atoms with Crippen LogP contribution in [0.3, 0.4) is 0 Å². The van der Waals surface area contributed by atoms with Crippen LogP contribution in [0.2, 0.25) is 0 Å². The van der Waals surface area contributed by atoms with E-state index in [1.54, 1.807) is 13.1 Å². The van der Waals surface area contributed by atoms with Gasteiger partial charge in [-0.05, 0) is 6.07 Å². The highest BCUT2D eigenvalue weighted by Crippen LogP contribution is 2.04. The lowest BCUT2D eigenvalue weighted by Gasteiger charge is -2.22. The summed E-state index contributed by atoms with van der Waals surface area (Å²) in [5.41, 5.74) is 0.0274. The van der Waals surface area contributed by atoms with E-state index in [4.69, 9.17) is 4.74 Å². The van der Waals surface area contributed by atoms with E-state index in [0.29, 0.717) is 18.7 Å². The fourth-order valence-electron chi connectivity index (χ4n) is 1.71. The Bertz CT molecular complexity index is 553. The van der Waals surface area contributed by atoms with Crippen LogP contribution in [0.1, 0.15) is 16.8 Å². The van der Waals surface area contributed by atoms with Crippen LogP contribution in [-0.2, 0) is 21.3 Å². The number of carbonyl (C=O) groups excluding carboxylic acids is 2. The standard InChI is InChI=1S/C14H20N2O5/c1-15-6-4-11(10-12(15)17)14(19)16(8-9-20-2)7-5-13(18)21-3/h4,6,10H,5,7-9H2,1-3H3. The average molecular weight is 296 g/mol. The molecule has 0 aliphatic heterocycles. The first kappa shape index (κ1) is 16.9.